The Labute approximate surface area is 158 Å². The lowest BCUT2D eigenvalue weighted by Crippen LogP contribution is -2.25. The molecular weight excluding hydrogens is 377 g/mol. The number of amides is 2. The molecule has 4 nitrogen and oxygen atoms in total. The number of thiophene rings is 1. The lowest BCUT2D eigenvalue weighted by Gasteiger charge is -2.21. The molecule has 2 amide bonds. The van der Waals surface area contributed by atoms with Gasteiger partial charge in [-0.05, 0) is 42.5 Å². The number of halogens is 3. The lowest BCUT2D eigenvalue weighted by atomic mass is 9.88. The van der Waals surface area contributed by atoms with Gasteiger partial charge in [0.1, 0.15) is 0 Å². The Hall–Kier alpha value is -2.35. The van der Waals surface area contributed by atoms with Crippen molar-refractivity contribution in [3.05, 3.63) is 46.2 Å². The summed E-state index contributed by atoms with van der Waals surface area (Å²) >= 11 is 1.19. The maximum absolute atomic E-state index is 13.2. The van der Waals surface area contributed by atoms with Gasteiger partial charge in [0.05, 0.1) is 10.4 Å². The van der Waals surface area contributed by atoms with Crippen molar-refractivity contribution < 1.29 is 22.8 Å². The summed E-state index contributed by atoms with van der Waals surface area (Å²) in [6.45, 7) is 0. The molecule has 1 heterocycles. The van der Waals surface area contributed by atoms with Gasteiger partial charge in [0.15, 0.2) is 0 Å². The molecule has 2 aromatic rings. The van der Waals surface area contributed by atoms with E-state index in [1.807, 2.05) is 0 Å². The zero-order valence-corrected chi connectivity index (χ0v) is 15.3. The van der Waals surface area contributed by atoms with Crippen LogP contribution in [-0.2, 0) is 11.0 Å². The Morgan fingerprint density at radius 3 is 2.26 bits per heavy atom. The van der Waals surface area contributed by atoms with E-state index in [0.717, 1.165) is 44.2 Å². The van der Waals surface area contributed by atoms with Crippen LogP contribution in [-0.4, -0.2) is 11.8 Å². The summed E-state index contributed by atoms with van der Waals surface area (Å²) in [7, 11) is 0. The van der Waals surface area contributed by atoms with Crippen LogP contribution in [0.3, 0.4) is 0 Å². The van der Waals surface area contributed by atoms with E-state index >= 15 is 0 Å². The predicted octanol–water partition coefficient (Wildman–Crippen LogP) is 5.54. The molecule has 0 radical (unpaired) electrons. The number of hydrogen-bond donors (Lipinski definition) is 2. The summed E-state index contributed by atoms with van der Waals surface area (Å²) in [6.07, 6.45) is -0.134. The first-order chi connectivity index (χ1) is 12.8. The molecule has 0 atom stereocenters. The molecule has 1 aliphatic rings. The number of anilines is 2. The van der Waals surface area contributed by atoms with Gasteiger partial charge < -0.3 is 10.6 Å². The molecule has 144 valence electrons. The fourth-order valence-corrected chi connectivity index (χ4v) is 3.76. The van der Waals surface area contributed by atoms with Gasteiger partial charge in [0.2, 0.25) is 5.91 Å². The number of carbonyl (C=O) groups is 2. The maximum Gasteiger partial charge on any atom is 0.416 e. The molecule has 1 saturated carbocycles. The van der Waals surface area contributed by atoms with Crippen LogP contribution in [0.2, 0.25) is 0 Å². The molecule has 27 heavy (non-hydrogen) atoms. The summed E-state index contributed by atoms with van der Waals surface area (Å²) in [5.41, 5.74) is -0.908. The van der Waals surface area contributed by atoms with E-state index in [1.165, 1.54) is 17.4 Å². The highest BCUT2D eigenvalue weighted by molar-refractivity contribution is 7.12. The topological polar surface area (TPSA) is 58.2 Å². The van der Waals surface area contributed by atoms with E-state index < -0.39 is 17.6 Å². The van der Waals surface area contributed by atoms with Gasteiger partial charge in [-0.3, -0.25) is 9.59 Å². The number of carbonyl (C=O) groups excluding carboxylic acids is 2. The molecule has 1 fully saturated rings. The molecule has 0 saturated heterocycles. The van der Waals surface area contributed by atoms with E-state index in [9.17, 15) is 22.8 Å². The van der Waals surface area contributed by atoms with E-state index in [1.54, 1.807) is 17.5 Å². The van der Waals surface area contributed by atoms with Crippen LogP contribution in [0.15, 0.2) is 35.7 Å². The number of alkyl halides is 3. The molecule has 1 aromatic heterocycles. The monoisotopic (exact) mass is 396 g/mol. The molecular formula is C19H19F3N2O2S. The Morgan fingerprint density at radius 2 is 1.67 bits per heavy atom. The highest BCUT2D eigenvalue weighted by Crippen LogP contribution is 2.34. The van der Waals surface area contributed by atoms with Crippen LogP contribution in [0.1, 0.15) is 47.3 Å². The van der Waals surface area contributed by atoms with E-state index in [4.69, 9.17) is 0 Å². The van der Waals surface area contributed by atoms with Crippen molar-refractivity contribution in [3.8, 4) is 0 Å². The van der Waals surface area contributed by atoms with Crippen LogP contribution in [0.25, 0.3) is 0 Å². The molecule has 1 aliphatic carbocycles. The van der Waals surface area contributed by atoms with Crippen molar-refractivity contribution in [2.24, 2.45) is 5.92 Å². The summed E-state index contributed by atoms with van der Waals surface area (Å²) in [6, 6.07) is 6.37. The second-order valence-corrected chi connectivity index (χ2v) is 7.50. The molecule has 1 aromatic carbocycles. The van der Waals surface area contributed by atoms with Gasteiger partial charge >= 0.3 is 6.18 Å². The van der Waals surface area contributed by atoms with Crippen molar-refractivity contribution in [1.82, 2.24) is 0 Å². The minimum absolute atomic E-state index is 0.0119. The van der Waals surface area contributed by atoms with Crippen LogP contribution in [0.4, 0.5) is 24.5 Å². The van der Waals surface area contributed by atoms with Gasteiger partial charge in [-0.1, -0.05) is 25.3 Å². The number of hydrogen-bond acceptors (Lipinski definition) is 3. The SMILES string of the molecule is O=C(Nc1cc(NC(=O)C2CCCCC2)cc(C(F)(F)F)c1)c1cccs1. The quantitative estimate of drug-likeness (QED) is 0.713. The van der Waals surface area contributed by atoms with E-state index in [0.29, 0.717) is 4.88 Å². The second-order valence-electron chi connectivity index (χ2n) is 6.55. The number of benzene rings is 1. The average molecular weight is 396 g/mol. The molecule has 2 N–H and O–H groups in total. The van der Waals surface area contributed by atoms with Gasteiger partial charge in [-0.15, -0.1) is 11.3 Å². The third-order valence-electron chi connectivity index (χ3n) is 4.51. The smallest absolute Gasteiger partial charge is 0.326 e. The van der Waals surface area contributed by atoms with Gasteiger partial charge in [0, 0.05) is 17.3 Å². The van der Waals surface area contributed by atoms with Crippen LogP contribution in [0.5, 0.6) is 0 Å². The summed E-state index contributed by atoms with van der Waals surface area (Å²) in [4.78, 5) is 24.9. The van der Waals surface area contributed by atoms with E-state index in [-0.39, 0.29) is 23.2 Å². The minimum atomic E-state index is -4.59. The largest absolute Gasteiger partial charge is 0.416 e. The van der Waals surface area contributed by atoms with Crippen LogP contribution < -0.4 is 10.6 Å². The molecule has 8 heteroatoms. The zero-order valence-electron chi connectivity index (χ0n) is 14.4. The molecule has 0 aliphatic heterocycles. The van der Waals surface area contributed by atoms with Crippen molar-refractivity contribution >= 4 is 34.5 Å². The zero-order chi connectivity index (χ0) is 19.4. The minimum Gasteiger partial charge on any atom is -0.326 e. The fraction of sp³-hybridized carbons (Fsp3) is 0.368. The van der Waals surface area contributed by atoms with Crippen molar-refractivity contribution in [2.45, 2.75) is 38.3 Å². The number of nitrogens with one attached hydrogen (secondary N) is 2. The normalized spacial score (nSPS) is 15.4. The Balaban J connectivity index is 1.82. The van der Waals surface area contributed by atoms with Crippen molar-refractivity contribution in [1.29, 1.82) is 0 Å². The van der Waals surface area contributed by atoms with Crippen molar-refractivity contribution in [2.75, 3.05) is 10.6 Å². The summed E-state index contributed by atoms with van der Waals surface area (Å²) in [5, 5.41) is 6.76. The molecule has 0 unspecified atom stereocenters. The van der Waals surface area contributed by atoms with Crippen molar-refractivity contribution in [3.63, 3.8) is 0 Å². The third-order valence-corrected chi connectivity index (χ3v) is 5.38. The number of rotatable bonds is 4. The predicted molar refractivity (Wildman–Crippen MR) is 98.9 cm³/mol. The Morgan fingerprint density at radius 1 is 1.00 bits per heavy atom. The highest BCUT2D eigenvalue weighted by Gasteiger charge is 2.32. The molecule has 3 rings (SSSR count). The molecule has 0 spiro atoms. The first-order valence-electron chi connectivity index (χ1n) is 8.71. The lowest BCUT2D eigenvalue weighted by molar-refractivity contribution is -0.137. The highest BCUT2D eigenvalue weighted by atomic mass is 32.1. The Kier molecular flexibility index (Phi) is 5.84. The van der Waals surface area contributed by atoms with E-state index in [2.05, 4.69) is 10.6 Å². The first-order valence-corrected chi connectivity index (χ1v) is 9.59. The van der Waals surface area contributed by atoms with Gasteiger partial charge in [-0.25, -0.2) is 0 Å². The molecule has 0 bridgehead atoms. The third kappa shape index (κ3) is 5.09. The van der Waals surface area contributed by atoms with Gasteiger partial charge in [0.25, 0.3) is 5.91 Å². The van der Waals surface area contributed by atoms with Crippen LogP contribution >= 0.6 is 11.3 Å². The first kappa shape index (κ1) is 19.4. The van der Waals surface area contributed by atoms with Crippen LogP contribution in [0, 0.1) is 5.92 Å². The fourth-order valence-electron chi connectivity index (χ4n) is 3.15. The standard InChI is InChI=1S/C19H19F3N2O2S/c20-19(21,22)13-9-14(23-17(25)12-5-2-1-3-6-12)11-15(10-13)24-18(26)16-7-4-8-27-16/h4,7-12H,1-3,5-6H2,(H,23,25)(H,24,26). The summed E-state index contributed by atoms with van der Waals surface area (Å²) < 4.78 is 39.7. The summed E-state index contributed by atoms with van der Waals surface area (Å²) in [5.74, 6) is -0.948. The second kappa shape index (κ2) is 8.12. The average Bonchev–Trinajstić information content (AvgIpc) is 3.16. The van der Waals surface area contributed by atoms with Gasteiger partial charge in [-0.2, -0.15) is 13.2 Å². The maximum atomic E-state index is 13.2. The Bertz CT molecular complexity index is 813.